The lowest BCUT2D eigenvalue weighted by molar-refractivity contribution is 0.286. The summed E-state index contributed by atoms with van der Waals surface area (Å²) in [6, 6.07) is 8.23. The average Bonchev–Trinajstić information content (AvgIpc) is 2.37. The highest BCUT2D eigenvalue weighted by Gasteiger charge is 2.36. The molecule has 0 unspecified atom stereocenters. The van der Waals surface area contributed by atoms with Gasteiger partial charge in [0, 0.05) is 17.3 Å². The monoisotopic (exact) mass is 242 g/mol. The van der Waals surface area contributed by atoms with E-state index in [1.165, 1.54) is 6.42 Å². The Morgan fingerprint density at radius 1 is 1.22 bits per heavy atom. The number of nitrogens with one attached hydrogen (secondary N) is 1. The molecule has 0 bridgehead atoms. The van der Waals surface area contributed by atoms with Gasteiger partial charge in [0.15, 0.2) is 5.82 Å². The summed E-state index contributed by atoms with van der Waals surface area (Å²) in [7, 11) is 0. The molecule has 1 heterocycles. The minimum atomic E-state index is 0.0344. The Balaban J connectivity index is 2.04. The van der Waals surface area contributed by atoms with Gasteiger partial charge in [0.1, 0.15) is 0 Å². The highest BCUT2D eigenvalue weighted by Crippen LogP contribution is 2.35. The van der Waals surface area contributed by atoms with Crippen LogP contribution in [-0.4, -0.2) is 22.3 Å². The van der Waals surface area contributed by atoms with Gasteiger partial charge >= 0.3 is 0 Å². The first-order valence-corrected chi connectivity index (χ1v) is 6.44. The van der Waals surface area contributed by atoms with E-state index in [1.54, 1.807) is 0 Å². The number of aromatic nitrogens is 2. The number of rotatable bonds is 3. The molecule has 0 atom stereocenters. The first-order chi connectivity index (χ1) is 8.74. The Bertz CT molecular complexity index is 570. The smallest absolute Gasteiger partial charge is 0.157 e. The van der Waals surface area contributed by atoms with Crippen molar-refractivity contribution in [2.45, 2.75) is 31.7 Å². The Kier molecular flexibility index (Phi) is 2.67. The summed E-state index contributed by atoms with van der Waals surface area (Å²) in [6.45, 7) is 2.64. The number of nitrogens with two attached hydrogens (primary N) is 1. The Morgan fingerprint density at radius 3 is 2.56 bits per heavy atom. The molecule has 0 aliphatic heterocycles. The molecule has 1 saturated carbocycles. The molecule has 0 spiro atoms. The van der Waals surface area contributed by atoms with Gasteiger partial charge in [-0.3, -0.25) is 0 Å². The zero-order valence-electron chi connectivity index (χ0n) is 10.6. The van der Waals surface area contributed by atoms with Crippen molar-refractivity contribution in [1.29, 1.82) is 0 Å². The number of benzene rings is 1. The molecule has 1 aliphatic carbocycles. The number of anilines is 1. The van der Waals surface area contributed by atoms with Crippen molar-refractivity contribution in [2.24, 2.45) is 5.73 Å². The largest absolute Gasteiger partial charge is 0.361 e. The van der Waals surface area contributed by atoms with Gasteiger partial charge in [-0.15, -0.1) is 5.10 Å². The Morgan fingerprint density at radius 2 is 1.94 bits per heavy atom. The van der Waals surface area contributed by atoms with E-state index in [1.807, 2.05) is 19.1 Å². The quantitative estimate of drug-likeness (QED) is 0.866. The number of hydrogen-bond donors (Lipinski definition) is 2. The SMILES string of the molecule is Cc1nnc(NC2(CN)CCC2)c2ccccc12. The minimum absolute atomic E-state index is 0.0344. The van der Waals surface area contributed by atoms with Crippen LogP contribution in [0.2, 0.25) is 0 Å². The van der Waals surface area contributed by atoms with Crippen molar-refractivity contribution >= 4 is 16.6 Å². The number of fused-ring (bicyclic) bond motifs is 1. The van der Waals surface area contributed by atoms with Gasteiger partial charge < -0.3 is 11.1 Å². The molecule has 2 aromatic rings. The normalized spacial score (nSPS) is 17.4. The van der Waals surface area contributed by atoms with Gasteiger partial charge in [-0.05, 0) is 26.2 Å². The zero-order chi connectivity index (χ0) is 12.6. The van der Waals surface area contributed by atoms with Crippen LogP contribution in [0.25, 0.3) is 10.8 Å². The van der Waals surface area contributed by atoms with E-state index in [2.05, 4.69) is 27.6 Å². The van der Waals surface area contributed by atoms with Crippen molar-refractivity contribution in [1.82, 2.24) is 10.2 Å². The molecule has 1 aromatic heterocycles. The van der Waals surface area contributed by atoms with Crippen molar-refractivity contribution < 1.29 is 0 Å². The predicted octanol–water partition coefficient (Wildman–Crippen LogP) is 2.23. The van der Waals surface area contributed by atoms with Gasteiger partial charge in [0.2, 0.25) is 0 Å². The molecular formula is C14H18N4. The van der Waals surface area contributed by atoms with Crippen LogP contribution in [0.4, 0.5) is 5.82 Å². The third-order valence-electron chi connectivity index (χ3n) is 3.96. The second-order valence-electron chi connectivity index (χ2n) is 5.14. The predicted molar refractivity (Wildman–Crippen MR) is 73.5 cm³/mol. The lowest BCUT2D eigenvalue weighted by atomic mass is 9.77. The lowest BCUT2D eigenvalue weighted by Gasteiger charge is -2.42. The van der Waals surface area contributed by atoms with Crippen molar-refractivity contribution in [3.63, 3.8) is 0 Å². The lowest BCUT2D eigenvalue weighted by Crippen LogP contribution is -2.51. The molecule has 4 nitrogen and oxygen atoms in total. The molecule has 1 fully saturated rings. The van der Waals surface area contributed by atoms with Gasteiger partial charge in [0.25, 0.3) is 0 Å². The Hall–Kier alpha value is -1.68. The van der Waals surface area contributed by atoms with Crippen LogP contribution in [0, 0.1) is 6.92 Å². The molecule has 0 radical (unpaired) electrons. The molecule has 18 heavy (non-hydrogen) atoms. The maximum Gasteiger partial charge on any atom is 0.157 e. The van der Waals surface area contributed by atoms with Crippen LogP contribution >= 0.6 is 0 Å². The van der Waals surface area contributed by atoms with Crippen LogP contribution in [0.1, 0.15) is 25.0 Å². The van der Waals surface area contributed by atoms with E-state index in [-0.39, 0.29) is 5.54 Å². The van der Waals surface area contributed by atoms with E-state index < -0.39 is 0 Å². The number of hydrogen-bond acceptors (Lipinski definition) is 4. The molecule has 0 amide bonds. The van der Waals surface area contributed by atoms with E-state index >= 15 is 0 Å². The molecule has 1 aromatic carbocycles. The van der Waals surface area contributed by atoms with Gasteiger partial charge in [-0.2, -0.15) is 5.10 Å². The third kappa shape index (κ3) is 1.73. The minimum Gasteiger partial charge on any atom is -0.361 e. The van der Waals surface area contributed by atoms with Crippen LogP contribution in [0.3, 0.4) is 0 Å². The summed E-state index contributed by atoms with van der Waals surface area (Å²) in [5.41, 5.74) is 6.88. The summed E-state index contributed by atoms with van der Waals surface area (Å²) >= 11 is 0. The molecule has 4 heteroatoms. The maximum absolute atomic E-state index is 5.88. The fourth-order valence-electron chi connectivity index (χ4n) is 2.57. The highest BCUT2D eigenvalue weighted by atomic mass is 15.2. The van der Waals surface area contributed by atoms with Crippen LogP contribution in [0.15, 0.2) is 24.3 Å². The second kappa shape index (κ2) is 4.21. The van der Waals surface area contributed by atoms with Crippen LogP contribution < -0.4 is 11.1 Å². The zero-order valence-corrected chi connectivity index (χ0v) is 10.6. The summed E-state index contributed by atoms with van der Waals surface area (Å²) in [6.07, 6.45) is 3.47. The third-order valence-corrected chi connectivity index (χ3v) is 3.96. The van der Waals surface area contributed by atoms with Crippen molar-refractivity contribution in [3.8, 4) is 0 Å². The van der Waals surface area contributed by atoms with E-state index in [0.717, 1.165) is 35.1 Å². The second-order valence-corrected chi connectivity index (χ2v) is 5.14. The average molecular weight is 242 g/mol. The van der Waals surface area contributed by atoms with E-state index in [9.17, 15) is 0 Å². The summed E-state index contributed by atoms with van der Waals surface area (Å²) in [4.78, 5) is 0. The molecule has 3 rings (SSSR count). The van der Waals surface area contributed by atoms with Crippen LogP contribution in [0.5, 0.6) is 0 Å². The molecule has 1 aliphatic rings. The summed E-state index contributed by atoms with van der Waals surface area (Å²) in [5, 5.41) is 14.3. The fraction of sp³-hybridized carbons (Fsp3) is 0.429. The number of aryl methyl sites for hydroxylation is 1. The van der Waals surface area contributed by atoms with E-state index in [4.69, 9.17) is 5.73 Å². The standard InChI is InChI=1S/C14H18N4/c1-10-11-5-2-3-6-12(11)13(18-17-10)16-14(9-15)7-4-8-14/h2-3,5-6H,4,7-9,15H2,1H3,(H,16,18). The highest BCUT2D eigenvalue weighted by molar-refractivity contribution is 5.93. The molecule has 3 N–H and O–H groups in total. The summed E-state index contributed by atoms with van der Waals surface area (Å²) < 4.78 is 0. The molecule has 94 valence electrons. The number of nitrogens with zero attached hydrogens (tertiary/aromatic N) is 2. The van der Waals surface area contributed by atoms with Gasteiger partial charge in [-0.25, -0.2) is 0 Å². The topological polar surface area (TPSA) is 63.8 Å². The van der Waals surface area contributed by atoms with Gasteiger partial charge in [0.05, 0.1) is 11.2 Å². The first kappa shape index (κ1) is 11.4. The van der Waals surface area contributed by atoms with Gasteiger partial charge in [-0.1, -0.05) is 24.3 Å². The van der Waals surface area contributed by atoms with Crippen molar-refractivity contribution in [3.05, 3.63) is 30.0 Å². The summed E-state index contributed by atoms with van der Waals surface area (Å²) in [5.74, 6) is 0.862. The molecular weight excluding hydrogens is 224 g/mol. The van der Waals surface area contributed by atoms with Crippen molar-refractivity contribution in [2.75, 3.05) is 11.9 Å². The maximum atomic E-state index is 5.88. The van der Waals surface area contributed by atoms with E-state index in [0.29, 0.717) is 6.54 Å². The first-order valence-electron chi connectivity index (χ1n) is 6.44. The molecule has 0 saturated heterocycles. The Labute approximate surface area is 107 Å². The fourth-order valence-corrected chi connectivity index (χ4v) is 2.57. The van der Waals surface area contributed by atoms with Crippen LogP contribution in [-0.2, 0) is 0 Å².